The predicted molar refractivity (Wildman–Crippen MR) is 124 cm³/mol. The van der Waals surface area contributed by atoms with Gasteiger partial charge in [-0.2, -0.15) is 5.10 Å². The third kappa shape index (κ3) is 6.86. The molecule has 3 aromatic carbocycles. The standard InChI is InChI=1S/C25H25ClN2O3/c1-18-11-12-23(15-19(18)2)30-13-6-14-31-24-10-4-3-7-21(24)17-27-28-25(29)20-8-5-9-22(26)16-20/h3-5,7-12,15-17H,6,13-14H2,1-2H3,(H,28,29)/b27-17+. The summed E-state index contributed by atoms with van der Waals surface area (Å²) in [7, 11) is 0. The van der Waals surface area contributed by atoms with Crippen molar-refractivity contribution in [3.63, 3.8) is 0 Å². The summed E-state index contributed by atoms with van der Waals surface area (Å²) in [5, 5.41) is 4.53. The minimum Gasteiger partial charge on any atom is -0.493 e. The Bertz CT molecular complexity index is 1070. The molecule has 0 spiro atoms. The van der Waals surface area contributed by atoms with Gasteiger partial charge in [0.15, 0.2) is 0 Å². The van der Waals surface area contributed by atoms with Crippen LogP contribution in [0, 0.1) is 13.8 Å². The molecular formula is C25H25ClN2O3. The number of hydrogen-bond donors (Lipinski definition) is 1. The fraction of sp³-hybridized carbons (Fsp3) is 0.200. The van der Waals surface area contributed by atoms with E-state index in [-0.39, 0.29) is 5.91 Å². The molecule has 0 bridgehead atoms. The predicted octanol–water partition coefficient (Wildman–Crippen LogP) is 5.57. The number of amides is 1. The highest BCUT2D eigenvalue weighted by Crippen LogP contribution is 2.18. The summed E-state index contributed by atoms with van der Waals surface area (Å²) in [5.74, 6) is 1.22. The van der Waals surface area contributed by atoms with Crippen LogP contribution in [0.3, 0.4) is 0 Å². The van der Waals surface area contributed by atoms with Crippen molar-refractivity contribution in [1.82, 2.24) is 5.43 Å². The minimum absolute atomic E-state index is 0.333. The second-order valence-electron chi connectivity index (χ2n) is 7.04. The van der Waals surface area contributed by atoms with E-state index in [0.29, 0.717) is 29.5 Å². The van der Waals surface area contributed by atoms with E-state index in [1.807, 2.05) is 36.4 Å². The molecule has 0 unspecified atom stereocenters. The smallest absolute Gasteiger partial charge is 0.271 e. The number of ether oxygens (including phenoxy) is 2. The molecule has 0 fully saturated rings. The second kappa shape index (κ2) is 11.2. The molecule has 5 nitrogen and oxygen atoms in total. The largest absolute Gasteiger partial charge is 0.493 e. The molecular weight excluding hydrogens is 412 g/mol. The Labute approximate surface area is 187 Å². The highest BCUT2D eigenvalue weighted by atomic mass is 35.5. The van der Waals surface area contributed by atoms with Crippen LogP contribution in [0.2, 0.25) is 5.02 Å². The molecule has 0 aliphatic heterocycles. The van der Waals surface area contributed by atoms with Gasteiger partial charge in [-0.05, 0) is 67.4 Å². The highest BCUT2D eigenvalue weighted by molar-refractivity contribution is 6.30. The van der Waals surface area contributed by atoms with Crippen molar-refractivity contribution >= 4 is 23.7 Å². The van der Waals surface area contributed by atoms with Crippen molar-refractivity contribution in [2.75, 3.05) is 13.2 Å². The van der Waals surface area contributed by atoms with E-state index in [1.54, 1.807) is 30.5 Å². The van der Waals surface area contributed by atoms with Gasteiger partial charge in [-0.1, -0.05) is 35.9 Å². The number of carbonyl (C=O) groups excluding carboxylic acids is 1. The van der Waals surface area contributed by atoms with Gasteiger partial charge >= 0.3 is 0 Å². The molecule has 0 aliphatic rings. The van der Waals surface area contributed by atoms with Gasteiger partial charge in [-0.15, -0.1) is 0 Å². The number of benzene rings is 3. The molecule has 0 atom stereocenters. The number of rotatable bonds is 9. The van der Waals surface area contributed by atoms with Crippen LogP contribution in [-0.4, -0.2) is 25.3 Å². The number of hydrazone groups is 1. The summed E-state index contributed by atoms with van der Waals surface area (Å²) in [6.07, 6.45) is 2.30. The molecule has 31 heavy (non-hydrogen) atoms. The second-order valence-corrected chi connectivity index (χ2v) is 7.48. The first-order chi connectivity index (χ1) is 15.0. The van der Waals surface area contributed by atoms with Gasteiger partial charge in [0, 0.05) is 22.6 Å². The zero-order valence-electron chi connectivity index (χ0n) is 17.6. The zero-order chi connectivity index (χ0) is 22.1. The van der Waals surface area contributed by atoms with E-state index < -0.39 is 0 Å². The SMILES string of the molecule is Cc1ccc(OCCCOc2ccccc2/C=N/NC(=O)c2cccc(Cl)c2)cc1C. The van der Waals surface area contributed by atoms with Gasteiger partial charge in [0.25, 0.3) is 5.91 Å². The lowest BCUT2D eigenvalue weighted by Gasteiger charge is -2.10. The van der Waals surface area contributed by atoms with Crippen molar-refractivity contribution in [2.24, 2.45) is 5.10 Å². The average molecular weight is 437 g/mol. The van der Waals surface area contributed by atoms with Crippen molar-refractivity contribution in [3.05, 3.63) is 94.0 Å². The maximum Gasteiger partial charge on any atom is 0.271 e. The van der Waals surface area contributed by atoms with Crippen LogP contribution in [0.15, 0.2) is 71.8 Å². The first-order valence-corrected chi connectivity index (χ1v) is 10.4. The fourth-order valence-corrected chi connectivity index (χ4v) is 3.00. The Morgan fingerprint density at radius 1 is 0.968 bits per heavy atom. The first-order valence-electron chi connectivity index (χ1n) is 10.0. The van der Waals surface area contributed by atoms with Crippen molar-refractivity contribution in [1.29, 1.82) is 0 Å². The number of carbonyl (C=O) groups is 1. The average Bonchev–Trinajstić information content (AvgIpc) is 2.77. The van der Waals surface area contributed by atoms with Gasteiger partial charge in [-0.3, -0.25) is 4.79 Å². The van der Waals surface area contributed by atoms with E-state index >= 15 is 0 Å². The zero-order valence-corrected chi connectivity index (χ0v) is 18.4. The van der Waals surface area contributed by atoms with Crippen molar-refractivity contribution in [2.45, 2.75) is 20.3 Å². The summed E-state index contributed by atoms with van der Waals surface area (Å²) in [4.78, 5) is 12.1. The Hall–Kier alpha value is -3.31. The van der Waals surface area contributed by atoms with Crippen LogP contribution in [0.4, 0.5) is 0 Å². The topological polar surface area (TPSA) is 59.9 Å². The Balaban J connectivity index is 1.47. The number of nitrogens with one attached hydrogen (secondary N) is 1. The van der Waals surface area contributed by atoms with Crippen LogP contribution in [0.5, 0.6) is 11.5 Å². The van der Waals surface area contributed by atoms with E-state index in [4.69, 9.17) is 21.1 Å². The molecule has 1 N–H and O–H groups in total. The number of para-hydroxylation sites is 1. The maximum atomic E-state index is 12.1. The third-order valence-electron chi connectivity index (χ3n) is 4.67. The lowest BCUT2D eigenvalue weighted by atomic mass is 10.1. The molecule has 1 amide bonds. The van der Waals surface area contributed by atoms with Crippen LogP contribution >= 0.6 is 11.6 Å². The molecule has 160 valence electrons. The minimum atomic E-state index is -0.333. The molecule has 3 rings (SSSR count). The molecule has 0 heterocycles. The third-order valence-corrected chi connectivity index (χ3v) is 4.90. The Morgan fingerprint density at radius 2 is 1.77 bits per heavy atom. The normalized spacial score (nSPS) is 10.8. The van der Waals surface area contributed by atoms with Crippen molar-refractivity contribution < 1.29 is 14.3 Å². The summed E-state index contributed by atoms with van der Waals surface area (Å²) in [6, 6.07) is 20.3. The first kappa shape index (κ1) is 22.4. The van der Waals surface area contributed by atoms with Crippen LogP contribution in [-0.2, 0) is 0 Å². The number of hydrogen-bond acceptors (Lipinski definition) is 4. The molecule has 3 aromatic rings. The van der Waals surface area contributed by atoms with Crippen LogP contribution < -0.4 is 14.9 Å². The van der Waals surface area contributed by atoms with Gasteiger partial charge in [0.05, 0.1) is 19.4 Å². The molecule has 0 aromatic heterocycles. The highest BCUT2D eigenvalue weighted by Gasteiger charge is 2.05. The summed E-state index contributed by atoms with van der Waals surface area (Å²) in [5.41, 5.74) is 6.17. The molecule has 0 saturated heterocycles. The van der Waals surface area contributed by atoms with Crippen molar-refractivity contribution in [3.8, 4) is 11.5 Å². The van der Waals surface area contributed by atoms with Gasteiger partial charge in [-0.25, -0.2) is 5.43 Å². The van der Waals surface area contributed by atoms with Crippen LogP contribution in [0.25, 0.3) is 0 Å². The number of halogens is 1. The van der Waals surface area contributed by atoms with Gasteiger partial charge in [0.1, 0.15) is 11.5 Å². The fourth-order valence-electron chi connectivity index (χ4n) is 2.81. The Kier molecular flexibility index (Phi) is 8.07. The lowest BCUT2D eigenvalue weighted by molar-refractivity contribution is 0.0955. The van der Waals surface area contributed by atoms with E-state index in [1.165, 1.54) is 11.1 Å². The number of nitrogens with zero attached hydrogens (tertiary/aromatic N) is 1. The van der Waals surface area contributed by atoms with Gasteiger partial charge in [0.2, 0.25) is 0 Å². The summed E-state index contributed by atoms with van der Waals surface area (Å²) < 4.78 is 11.7. The van der Waals surface area contributed by atoms with Crippen LogP contribution in [0.1, 0.15) is 33.5 Å². The molecule has 0 saturated carbocycles. The molecule has 0 aliphatic carbocycles. The molecule has 0 radical (unpaired) electrons. The number of aryl methyl sites for hydroxylation is 2. The monoisotopic (exact) mass is 436 g/mol. The lowest BCUT2D eigenvalue weighted by Crippen LogP contribution is -2.17. The van der Waals surface area contributed by atoms with E-state index in [0.717, 1.165) is 17.7 Å². The van der Waals surface area contributed by atoms with E-state index in [9.17, 15) is 4.79 Å². The maximum absolute atomic E-state index is 12.1. The van der Waals surface area contributed by atoms with E-state index in [2.05, 4.69) is 30.4 Å². The Morgan fingerprint density at radius 3 is 2.58 bits per heavy atom. The quantitative estimate of drug-likeness (QED) is 0.271. The van der Waals surface area contributed by atoms with Gasteiger partial charge < -0.3 is 9.47 Å². The molecule has 6 heteroatoms. The summed E-state index contributed by atoms with van der Waals surface area (Å²) in [6.45, 7) is 5.22. The summed E-state index contributed by atoms with van der Waals surface area (Å²) >= 11 is 5.91.